The van der Waals surface area contributed by atoms with E-state index in [9.17, 15) is 9.59 Å². The third-order valence-electron chi connectivity index (χ3n) is 9.35. The standard InChI is InChI=1S/C42H51ClFN7O2/c1-7-8-12-32(50(4)5)25-47-26-37-29(3)49-39(22-38(37)44)34-14-9-13-33(28(34)2)36-16-10-15-35(42(36)43)31-18-20-51(6)41(21-31)48-24-30(27-52)23-46-19-11-17-40(45)53/h7,9-10,13-16,18,20-22,24,27,32,46-47H,1,8,11-12,17,19,23,25-26H2,2-6H3,(H2,45,53)/b30-24-,48-41?. The van der Waals surface area contributed by atoms with Crippen molar-refractivity contribution in [2.45, 2.75) is 52.1 Å². The summed E-state index contributed by atoms with van der Waals surface area (Å²) in [6.45, 7) is 9.69. The molecule has 0 saturated heterocycles. The number of aromatic nitrogens is 2. The number of carbonyl (C=O) groups excluding carboxylic acids is 2. The summed E-state index contributed by atoms with van der Waals surface area (Å²) in [4.78, 5) is 34.3. The van der Waals surface area contributed by atoms with Crippen LogP contribution in [0.5, 0.6) is 0 Å². The summed E-state index contributed by atoms with van der Waals surface area (Å²) < 4.78 is 17.5. The Morgan fingerprint density at radius 1 is 1.09 bits per heavy atom. The van der Waals surface area contributed by atoms with E-state index < -0.39 is 0 Å². The molecule has 1 atom stereocenters. The molecule has 0 spiro atoms. The number of hydrogen-bond acceptors (Lipinski definition) is 7. The molecule has 4 aromatic rings. The van der Waals surface area contributed by atoms with Crippen molar-refractivity contribution in [1.82, 2.24) is 25.1 Å². The number of benzene rings is 2. The number of amides is 1. The van der Waals surface area contributed by atoms with Gasteiger partial charge in [-0.3, -0.25) is 14.6 Å². The van der Waals surface area contributed by atoms with Gasteiger partial charge in [-0.2, -0.15) is 0 Å². The fourth-order valence-corrected chi connectivity index (χ4v) is 6.47. The largest absolute Gasteiger partial charge is 0.370 e. The summed E-state index contributed by atoms with van der Waals surface area (Å²) in [7, 11) is 5.98. The van der Waals surface area contributed by atoms with E-state index in [1.54, 1.807) is 0 Å². The van der Waals surface area contributed by atoms with Gasteiger partial charge in [-0.15, -0.1) is 6.58 Å². The van der Waals surface area contributed by atoms with Crippen LogP contribution in [0.25, 0.3) is 33.5 Å². The van der Waals surface area contributed by atoms with Crippen molar-refractivity contribution in [1.29, 1.82) is 0 Å². The topological polar surface area (TPSA) is 118 Å². The Balaban J connectivity index is 1.59. The van der Waals surface area contributed by atoms with E-state index >= 15 is 4.39 Å². The number of halogens is 2. The first-order valence-corrected chi connectivity index (χ1v) is 18.2. The van der Waals surface area contributed by atoms with E-state index in [2.05, 4.69) is 41.2 Å². The number of rotatable bonds is 19. The number of likely N-dealkylation sites (N-methyl/N-ethyl adjacent to an activating group) is 1. The zero-order valence-corrected chi connectivity index (χ0v) is 32.1. The Morgan fingerprint density at radius 3 is 2.49 bits per heavy atom. The first-order chi connectivity index (χ1) is 25.4. The molecule has 2 aromatic carbocycles. The van der Waals surface area contributed by atoms with Gasteiger partial charge in [0, 0.05) is 91.1 Å². The minimum absolute atomic E-state index is 0.285. The normalized spacial score (nSPS) is 12.7. The molecule has 0 aliphatic carbocycles. The van der Waals surface area contributed by atoms with E-state index in [1.165, 1.54) is 12.3 Å². The van der Waals surface area contributed by atoms with Gasteiger partial charge in [-0.1, -0.05) is 54.1 Å². The average molecular weight is 740 g/mol. The highest BCUT2D eigenvalue weighted by Gasteiger charge is 2.18. The van der Waals surface area contributed by atoms with Gasteiger partial charge in [0.05, 0.1) is 10.7 Å². The van der Waals surface area contributed by atoms with Crippen LogP contribution in [0.4, 0.5) is 4.39 Å². The van der Waals surface area contributed by atoms with Crippen LogP contribution in [0, 0.1) is 19.7 Å². The molecule has 280 valence electrons. The van der Waals surface area contributed by atoms with Crippen LogP contribution in [0.1, 0.15) is 42.5 Å². The molecule has 4 N–H and O–H groups in total. The number of nitrogens with two attached hydrogens (primary N) is 1. The maximum absolute atomic E-state index is 15.7. The lowest BCUT2D eigenvalue weighted by atomic mass is 9.92. The minimum atomic E-state index is -0.353. The predicted molar refractivity (Wildman–Crippen MR) is 214 cm³/mol. The van der Waals surface area contributed by atoms with Gasteiger partial charge in [0.2, 0.25) is 5.91 Å². The van der Waals surface area contributed by atoms with Crippen LogP contribution >= 0.6 is 11.6 Å². The maximum Gasteiger partial charge on any atom is 0.217 e. The summed E-state index contributed by atoms with van der Waals surface area (Å²) >= 11 is 7.16. The molecule has 0 bridgehead atoms. The number of hydrogen-bond donors (Lipinski definition) is 3. The molecule has 1 unspecified atom stereocenters. The minimum Gasteiger partial charge on any atom is -0.370 e. The van der Waals surface area contributed by atoms with Crippen LogP contribution in [0.3, 0.4) is 0 Å². The Bertz CT molecular complexity index is 2000. The lowest BCUT2D eigenvalue weighted by molar-refractivity contribution is -0.118. The molecule has 0 saturated carbocycles. The predicted octanol–water partition coefficient (Wildman–Crippen LogP) is 6.66. The molecule has 11 heteroatoms. The Labute approximate surface area is 317 Å². The molecule has 9 nitrogen and oxygen atoms in total. The molecular weight excluding hydrogens is 689 g/mol. The van der Waals surface area contributed by atoms with Crippen LogP contribution in [0.15, 0.2) is 90.2 Å². The van der Waals surface area contributed by atoms with Crippen LogP contribution in [0.2, 0.25) is 5.02 Å². The van der Waals surface area contributed by atoms with Gasteiger partial charge in [0.15, 0.2) is 0 Å². The molecule has 2 heterocycles. The highest BCUT2D eigenvalue weighted by molar-refractivity contribution is 6.36. The number of aryl methyl sites for hydroxylation is 2. The number of aldehydes is 1. The molecule has 4 rings (SSSR count). The summed E-state index contributed by atoms with van der Waals surface area (Å²) in [5, 5.41) is 7.13. The Hall–Kier alpha value is -4.74. The molecule has 0 radical (unpaired) electrons. The van der Waals surface area contributed by atoms with Crippen LogP contribution in [-0.2, 0) is 23.2 Å². The number of allylic oxidation sites excluding steroid dienone is 1. The Morgan fingerprint density at radius 2 is 1.81 bits per heavy atom. The fourth-order valence-electron chi connectivity index (χ4n) is 6.14. The monoisotopic (exact) mass is 739 g/mol. The van der Waals surface area contributed by atoms with Gasteiger partial charge in [-0.25, -0.2) is 9.38 Å². The number of pyridine rings is 2. The van der Waals surface area contributed by atoms with Gasteiger partial charge < -0.3 is 25.8 Å². The van der Waals surface area contributed by atoms with Crippen molar-refractivity contribution in [2.75, 3.05) is 33.7 Å². The number of nitrogens with zero attached hydrogens (tertiary/aromatic N) is 4. The van der Waals surface area contributed by atoms with Crippen molar-refractivity contribution in [3.8, 4) is 33.5 Å². The van der Waals surface area contributed by atoms with Crippen LogP contribution < -0.4 is 21.9 Å². The molecule has 0 aliphatic heterocycles. The molecule has 0 aliphatic rings. The first-order valence-electron chi connectivity index (χ1n) is 17.8. The molecule has 2 aromatic heterocycles. The zero-order valence-electron chi connectivity index (χ0n) is 31.4. The SMILES string of the molecule is C=CCCC(CNCc1c(F)cc(-c2cccc(-c3cccc(-c4ccn(C)c(=N/C=C(\C=O)CNCCCC(N)=O)c4)c3Cl)c2C)nc1C)N(C)C. The lowest BCUT2D eigenvalue weighted by Crippen LogP contribution is -2.37. The van der Waals surface area contributed by atoms with Crippen molar-refractivity contribution in [3.05, 3.63) is 118 Å². The molecule has 1 amide bonds. The average Bonchev–Trinajstić information content (AvgIpc) is 3.12. The Kier molecular flexibility index (Phi) is 15.4. The van der Waals surface area contributed by atoms with Crippen LogP contribution in [-0.4, -0.2) is 66.4 Å². The second-order valence-electron chi connectivity index (χ2n) is 13.4. The third-order valence-corrected chi connectivity index (χ3v) is 9.75. The summed E-state index contributed by atoms with van der Waals surface area (Å²) in [6.07, 6.45) is 8.90. The van der Waals surface area contributed by atoms with Gasteiger partial charge >= 0.3 is 0 Å². The van der Waals surface area contributed by atoms with E-state index in [0.29, 0.717) is 65.1 Å². The number of nitrogens with one attached hydrogen (secondary N) is 2. The van der Waals surface area contributed by atoms with Crippen molar-refractivity contribution >= 4 is 23.8 Å². The quantitative estimate of drug-likeness (QED) is 0.0429. The van der Waals surface area contributed by atoms with E-state index in [4.69, 9.17) is 22.3 Å². The number of carbonyl (C=O) groups is 2. The molecule has 53 heavy (non-hydrogen) atoms. The second-order valence-corrected chi connectivity index (χ2v) is 13.8. The fraction of sp³-hybridized carbons (Fsp3) is 0.333. The third kappa shape index (κ3) is 11.1. The van der Waals surface area contributed by atoms with Gasteiger partial charge in [-0.05, 0) is 82.6 Å². The highest BCUT2D eigenvalue weighted by Crippen LogP contribution is 2.39. The number of primary amides is 1. The molecular formula is C42H51ClFN7O2. The van der Waals surface area contributed by atoms with Gasteiger partial charge in [0.25, 0.3) is 0 Å². The zero-order chi connectivity index (χ0) is 38.5. The van der Waals surface area contributed by atoms with E-state index in [-0.39, 0.29) is 18.1 Å². The van der Waals surface area contributed by atoms with Gasteiger partial charge in [0.1, 0.15) is 17.6 Å². The van der Waals surface area contributed by atoms with E-state index in [0.717, 1.165) is 59.1 Å². The van der Waals surface area contributed by atoms with E-state index in [1.807, 2.05) is 86.3 Å². The van der Waals surface area contributed by atoms with Crippen molar-refractivity contribution in [3.63, 3.8) is 0 Å². The summed E-state index contributed by atoms with van der Waals surface area (Å²) in [5.41, 5.74) is 13.3. The maximum atomic E-state index is 15.7. The first kappa shape index (κ1) is 41.0. The van der Waals surface area contributed by atoms with Crippen molar-refractivity contribution in [2.24, 2.45) is 17.8 Å². The molecule has 0 fully saturated rings. The smallest absolute Gasteiger partial charge is 0.217 e. The summed E-state index contributed by atoms with van der Waals surface area (Å²) in [6, 6.07) is 17.5. The lowest BCUT2D eigenvalue weighted by Gasteiger charge is -2.24. The van der Waals surface area contributed by atoms with Crippen molar-refractivity contribution < 1.29 is 14.0 Å². The summed E-state index contributed by atoms with van der Waals surface area (Å²) in [5.74, 6) is -0.643. The highest BCUT2D eigenvalue weighted by atomic mass is 35.5. The second kappa shape index (κ2) is 19.9.